The fourth-order valence-electron chi connectivity index (χ4n) is 4.58. The van der Waals surface area contributed by atoms with Gasteiger partial charge in [-0.15, -0.1) is 0 Å². The largest absolute Gasteiger partial charge is 0.496 e. The summed E-state index contributed by atoms with van der Waals surface area (Å²) in [6.45, 7) is 12.6. The third kappa shape index (κ3) is 7.37. The third-order valence-electron chi connectivity index (χ3n) is 6.38. The molecule has 0 aliphatic carbocycles. The Morgan fingerprint density at radius 3 is 2.61 bits per heavy atom. The van der Waals surface area contributed by atoms with Crippen molar-refractivity contribution in [1.29, 1.82) is 0 Å². The van der Waals surface area contributed by atoms with Crippen LogP contribution in [0.5, 0.6) is 5.75 Å². The maximum atomic E-state index is 5.67. The fourth-order valence-corrected chi connectivity index (χ4v) is 4.58. The Balaban J connectivity index is 1.61. The summed E-state index contributed by atoms with van der Waals surface area (Å²) in [7, 11) is 3.98. The number of ether oxygens (including phenoxy) is 1. The van der Waals surface area contributed by atoms with Gasteiger partial charge in [0.2, 0.25) is 0 Å². The lowest BCUT2D eigenvalue weighted by atomic mass is 10.0. The number of likely N-dealkylation sites (tertiary alicyclic amines) is 1. The molecular weight excluding hydrogens is 388 g/mol. The number of nitrogens with one attached hydrogen (secondary N) is 2. The van der Waals surface area contributed by atoms with Gasteiger partial charge in [0.25, 0.3) is 0 Å². The number of likely N-dealkylation sites (N-methyl/N-ethyl adjacent to an activating group) is 1. The van der Waals surface area contributed by atoms with Crippen molar-refractivity contribution >= 4 is 5.96 Å². The molecule has 7 nitrogen and oxygen atoms in total. The quantitative estimate of drug-likeness (QED) is 0.462. The molecule has 0 saturated carbocycles. The van der Waals surface area contributed by atoms with E-state index in [0.29, 0.717) is 0 Å². The second kappa shape index (κ2) is 12.9. The zero-order chi connectivity index (χ0) is 21.9. The molecule has 174 valence electrons. The highest BCUT2D eigenvalue weighted by Crippen LogP contribution is 2.31. The first-order chi connectivity index (χ1) is 15.2. The van der Waals surface area contributed by atoms with E-state index in [1.807, 2.05) is 6.07 Å². The molecule has 2 N–H and O–H groups in total. The molecule has 1 aromatic rings. The molecule has 1 unspecified atom stereocenters. The van der Waals surface area contributed by atoms with E-state index >= 15 is 0 Å². The molecule has 3 rings (SSSR count). The summed E-state index contributed by atoms with van der Waals surface area (Å²) in [6.07, 6.45) is 3.78. The van der Waals surface area contributed by atoms with E-state index in [-0.39, 0.29) is 6.04 Å². The number of hydrogen-bond acceptors (Lipinski definition) is 5. The first-order valence-electron chi connectivity index (χ1n) is 12.0. The SMILES string of the molecule is CCNC(=NCC(c1ccccc1OC)N1CCCC1)NCCN1CCCN(C)CC1. The van der Waals surface area contributed by atoms with Crippen molar-refractivity contribution in [1.82, 2.24) is 25.3 Å². The topological polar surface area (TPSA) is 55.4 Å². The maximum absolute atomic E-state index is 5.67. The summed E-state index contributed by atoms with van der Waals surface area (Å²) in [5.41, 5.74) is 1.24. The summed E-state index contributed by atoms with van der Waals surface area (Å²) in [5.74, 6) is 1.87. The van der Waals surface area contributed by atoms with Gasteiger partial charge in [-0.3, -0.25) is 9.89 Å². The highest BCUT2D eigenvalue weighted by atomic mass is 16.5. The lowest BCUT2D eigenvalue weighted by Gasteiger charge is -2.28. The monoisotopic (exact) mass is 430 g/mol. The van der Waals surface area contributed by atoms with Crippen LogP contribution in [0.3, 0.4) is 0 Å². The van der Waals surface area contributed by atoms with Crippen LogP contribution in [0, 0.1) is 0 Å². The normalized spacial score (nSPS) is 20.4. The van der Waals surface area contributed by atoms with Gasteiger partial charge >= 0.3 is 0 Å². The summed E-state index contributed by atoms with van der Waals surface area (Å²) < 4.78 is 5.67. The van der Waals surface area contributed by atoms with Crippen molar-refractivity contribution in [2.75, 3.05) is 79.6 Å². The molecule has 2 aliphatic rings. The standard InChI is InChI=1S/C24H42N6O/c1-4-25-24(26-12-17-29-14-9-13-28(2)18-19-29)27-20-22(30-15-7-8-16-30)21-10-5-6-11-23(21)31-3/h5-6,10-11,22H,4,7-9,12-20H2,1-3H3,(H2,25,26,27). The van der Waals surface area contributed by atoms with Crippen LogP contribution in [0.25, 0.3) is 0 Å². The van der Waals surface area contributed by atoms with Gasteiger partial charge in [-0.05, 0) is 65.5 Å². The molecule has 31 heavy (non-hydrogen) atoms. The van der Waals surface area contributed by atoms with E-state index in [0.717, 1.165) is 64.1 Å². The number of para-hydroxylation sites is 1. The summed E-state index contributed by atoms with van der Waals surface area (Å²) in [4.78, 5) is 12.5. The minimum absolute atomic E-state index is 0.246. The number of benzene rings is 1. The zero-order valence-electron chi connectivity index (χ0n) is 19.8. The Kier molecular flexibility index (Phi) is 9.90. The number of aliphatic imine (C=N–C) groups is 1. The molecule has 1 atom stereocenters. The van der Waals surface area contributed by atoms with Gasteiger partial charge in [-0.25, -0.2) is 0 Å². The smallest absolute Gasteiger partial charge is 0.191 e. The van der Waals surface area contributed by atoms with Crippen LogP contribution in [-0.2, 0) is 0 Å². The van der Waals surface area contributed by atoms with Gasteiger partial charge in [0.15, 0.2) is 5.96 Å². The van der Waals surface area contributed by atoms with Crippen LogP contribution < -0.4 is 15.4 Å². The summed E-state index contributed by atoms with van der Waals surface area (Å²) >= 11 is 0. The van der Waals surface area contributed by atoms with Crippen molar-refractivity contribution in [2.24, 2.45) is 4.99 Å². The van der Waals surface area contributed by atoms with E-state index in [2.05, 4.69) is 57.5 Å². The van der Waals surface area contributed by atoms with E-state index in [1.165, 1.54) is 37.9 Å². The van der Waals surface area contributed by atoms with Crippen LogP contribution in [0.15, 0.2) is 29.3 Å². The van der Waals surface area contributed by atoms with E-state index in [1.54, 1.807) is 7.11 Å². The third-order valence-corrected chi connectivity index (χ3v) is 6.38. The van der Waals surface area contributed by atoms with Crippen molar-refractivity contribution in [3.63, 3.8) is 0 Å². The maximum Gasteiger partial charge on any atom is 0.191 e. The second-order valence-electron chi connectivity index (χ2n) is 8.65. The molecule has 0 radical (unpaired) electrons. The van der Waals surface area contributed by atoms with Crippen LogP contribution in [0.1, 0.15) is 37.8 Å². The zero-order valence-corrected chi connectivity index (χ0v) is 19.8. The van der Waals surface area contributed by atoms with Gasteiger partial charge < -0.3 is 25.2 Å². The van der Waals surface area contributed by atoms with Crippen molar-refractivity contribution in [3.05, 3.63) is 29.8 Å². The Morgan fingerprint density at radius 2 is 1.84 bits per heavy atom. The average Bonchev–Trinajstić information content (AvgIpc) is 3.24. The number of methoxy groups -OCH3 is 1. The number of rotatable bonds is 9. The summed E-state index contributed by atoms with van der Waals surface area (Å²) in [5, 5.41) is 6.99. The molecule has 0 aromatic heterocycles. The van der Waals surface area contributed by atoms with Gasteiger partial charge in [0.1, 0.15) is 5.75 Å². The Bertz CT molecular complexity index is 676. The van der Waals surface area contributed by atoms with E-state index in [9.17, 15) is 0 Å². The van der Waals surface area contributed by atoms with Crippen LogP contribution in [-0.4, -0.2) is 100 Å². The Labute approximate surface area is 188 Å². The van der Waals surface area contributed by atoms with E-state index < -0.39 is 0 Å². The molecule has 2 aliphatic heterocycles. The molecule has 0 bridgehead atoms. The highest BCUT2D eigenvalue weighted by Gasteiger charge is 2.25. The lowest BCUT2D eigenvalue weighted by molar-refractivity contribution is 0.245. The molecule has 2 heterocycles. The van der Waals surface area contributed by atoms with Gasteiger partial charge in [-0.2, -0.15) is 0 Å². The first-order valence-corrected chi connectivity index (χ1v) is 12.0. The second-order valence-corrected chi connectivity index (χ2v) is 8.65. The first kappa shape index (κ1) is 23.8. The predicted molar refractivity (Wildman–Crippen MR) is 129 cm³/mol. The number of guanidine groups is 1. The molecule has 2 saturated heterocycles. The summed E-state index contributed by atoms with van der Waals surface area (Å²) in [6, 6.07) is 8.64. The van der Waals surface area contributed by atoms with E-state index in [4.69, 9.17) is 9.73 Å². The predicted octanol–water partition coefficient (Wildman–Crippen LogP) is 2.02. The van der Waals surface area contributed by atoms with Crippen molar-refractivity contribution < 1.29 is 4.74 Å². The number of nitrogens with zero attached hydrogens (tertiary/aromatic N) is 4. The van der Waals surface area contributed by atoms with Gasteiger partial charge in [0.05, 0.1) is 19.7 Å². The van der Waals surface area contributed by atoms with Crippen LogP contribution >= 0.6 is 0 Å². The molecule has 2 fully saturated rings. The van der Waals surface area contributed by atoms with Gasteiger partial charge in [-0.1, -0.05) is 18.2 Å². The van der Waals surface area contributed by atoms with Crippen LogP contribution in [0.2, 0.25) is 0 Å². The van der Waals surface area contributed by atoms with Crippen LogP contribution in [0.4, 0.5) is 0 Å². The fraction of sp³-hybridized carbons (Fsp3) is 0.708. The average molecular weight is 431 g/mol. The Morgan fingerprint density at radius 1 is 1.03 bits per heavy atom. The Hall–Kier alpha value is -1.83. The molecule has 0 amide bonds. The molecular formula is C24H42N6O. The highest BCUT2D eigenvalue weighted by molar-refractivity contribution is 5.79. The minimum Gasteiger partial charge on any atom is -0.496 e. The minimum atomic E-state index is 0.246. The van der Waals surface area contributed by atoms with Crippen molar-refractivity contribution in [3.8, 4) is 5.75 Å². The van der Waals surface area contributed by atoms with Crippen molar-refractivity contribution in [2.45, 2.75) is 32.2 Å². The lowest BCUT2D eigenvalue weighted by Crippen LogP contribution is -2.42. The number of hydrogen-bond donors (Lipinski definition) is 2. The molecule has 1 aromatic carbocycles. The van der Waals surface area contributed by atoms with Gasteiger partial charge in [0, 0.05) is 38.3 Å². The molecule has 7 heteroatoms. The molecule has 0 spiro atoms.